The molecule has 1 aliphatic rings. The molecule has 1 aliphatic carbocycles. The average molecular weight is 248 g/mol. The Labute approximate surface area is 110 Å². The fourth-order valence-electron chi connectivity index (χ4n) is 2.64. The highest BCUT2D eigenvalue weighted by Gasteiger charge is 2.24. The molecule has 1 aromatic rings. The minimum Gasteiger partial charge on any atom is -0.352 e. The number of nitrogens with zero attached hydrogens (tertiary/aromatic N) is 3. The van der Waals surface area contributed by atoms with Crippen LogP contribution in [0.3, 0.4) is 0 Å². The predicted octanol–water partition coefficient (Wildman–Crippen LogP) is 2.34. The van der Waals surface area contributed by atoms with Gasteiger partial charge in [-0.15, -0.1) is 0 Å². The third kappa shape index (κ3) is 3.19. The molecule has 1 aromatic heterocycles. The van der Waals surface area contributed by atoms with E-state index in [1.54, 1.807) is 6.20 Å². The van der Waals surface area contributed by atoms with Gasteiger partial charge in [-0.3, -0.25) is 4.98 Å². The van der Waals surface area contributed by atoms with E-state index in [2.05, 4.69) is 28.7 Å². The Morgan fingerprint density at radius 3 is 2.50 bits per heavy atom. The molecule has 2 rings (SSSR count). The predicted molar refractivity (Wildman–Crippen MR) is 74.4 cm³/mol. The van der Waals surface area contributed by atoms with Crippen molar-refractivity contribution in [3.8, 4) is 0 Å². The van der Waals surface area contributed by atoms with Crippen LogP contribution in [-0.4, -0.2) is 22.6 Å². The van der Waals surface area contributed by atoms with Crippen LogP contribution in [0.4, 0.5) is 5.82 Å². The lowest BCUT2D eigenvalue weighted by Crippen LogP contribution is -2.37. The first-order chi connectivity index (χ1) is 8.70. The highest BCUT2D eigenvalue weighted by atomic mass is 15.2. The molecule has 0 radical (unpaired) electrons. The van der Waals surface area contributed by atoms with Crippen LogP contribution in [0, 0.1) is 5.92 Å². The smallest absolute Gasteiger partial charge is 0.147 e. The normalized spacial score (nSPS) is 16.4. The van der Waals surface area contributed by atoms with Gasteiger partial charge in [-0.05, 0) is 18.8 Å². The molecule has 0 atom stereocenters. The van der Waals surface area contributed by atoms with Crippen molar-refractivity contribution in [2.45, 2.75) is 52.1 Å². The zero-order chi connectivity index (χ0) is 13.0. The van der Waals surface area contributed by atoms with Gasteiger partial charge in [0, 0.05) is 19.1 Å². The molecular weight excluding hydrogens is 224 g/mol. The van der Waals surface area contributed by atoms with Crippen LogP contribution >= 0.6 is 0 Å². The first-order valence-electron chi connectivity index (χ1n) is 6.98. The molecule has 1 fully saturated rings. The van der Waals surface area contributed by atoms with E-state index in [-0.39, 0.29) is 0 Å². The molecule has 0 spiro atoms. The Balaban J connectivity index is 2.15. The molecule has 0 unspecified atom stereocenters. The molecule has 4 heteroatoms. The van der Waals surface area contributed by atoms with Gasteiger partial charge in [-0.1, -0.05) is 26.7 Å². The number of hydrogen-bond acceptors (Lipinski definition) is 4. The Morgan fingerprint density at radius 2 is 2.00 bits per heavy atom. The summed E-state index contributed by atoms with van der Waals surface area (Å²) >= 11 is 0. The second-order valence-electron chi connectivity index (χ2n) is 5.55. The summed E-state index contributed by atoms with van der Waals surface area (Å²) in [5.74, 6) is 1.65. The number of anilines is 1. The van der Waals surface area contributed by atoms with E-state index < -0.39 is 0 Å². The number of hydrogen-bond donors (Lipinski definition) is 1. The summed E-state index contributed by atoms with van der Waals surface area (Å²) in [6.07, 6.45) is 8.93. The van der Waals surface area contributed by atoms with Crippen LogP contribution in [0.15, 0.2) is 12.4 Å². The van der Waals surface area contributed by atoms with Gasteiger partial charge in [-0.2, -0.15) is 0 Å². The summed E-state index contributed by atoms with van der Waals surface area (Å²) in [5, 5.41) is 0. The molecule has 0 aliphatic heterocycles. The topological polar surface area (TPSA) is 55.0 Å². The van der Waals surface area contributed by atoms with E-state index in [1.807, 2.05) is 6.20 Å². The van der Waals surface area contributed by atoms with E-state index in [1.165, 1.54) is 25.7 Å². The highest BCUT2D eigenvalue weighted by Crippen LogP contribution is 2.27. The monoisotopic (exact) mass is 248 g/mol. The minimum atomic E-state index is 0.459. The van der Waals surface area contributed by atoms with Crippen molar-refractivity contribution >= 4 is 5.82 Å². The molecule has 18 heavy (non-hydrogen) atoms. The lowest BCUT2D eigenvalue weighted by molar-refractivity contribution is 0.530. The summed E-state index contributed by atoms with van der Waals surface area (Å²) in [6, 6.07) is 0.644. The van der Waals surface area contributed by atoms with Gasteiger partial charge in [0.2, 0.25) is 0 Å². The molecule has 100 valence electrons. The van der Waals surface area contributed by atoms with Gasteiger partial charge < -0.3 is 10.6 Å². The largest absolute Gasteiger partial charge is 0.352 e. The van der Waals surface area contributed by atoms with Crippen LogP contribution in [0.25, 0.3) is 0 Å². The summed E-state index contributed by atoms with van der Waals surface area (Å²) in [7, 11) is 0. The maximum atomic E-state index is 5.56. The lowest BCUT2D eigenvalue weighted by Gasteiger charge is -2.31. The zero-order valence-corrected chi connectivity index (χ0v) is 11.5. The van der Waals surface area contributed by atoms with Crippen molar-refractivity contribution in [2.24, 2.45) is 11.7 Å². The molecule has 0 bridgehead atoms. The van der Waals surface area contributed by atoms with E-state index in [0.717, 1.165) is 18.1 Å². The third-order valence-corrected chi connectivity index (χ3v) is 3.52. The number of rotatable bonds is 5. The molecule has 1 saturated carbocycles. The third-order valence-electron chi connectivity index (χ3n) is 3.52. The van der Waals surface area contributed by atoms with E-state index >= 15 is 0 Å². The molecule has 0 aromatic carbocycles. The summed E-state index contributed by atoms with van der Waals surface area (Å²) in [4.78, 5) is 11.3. The number of aromatic nitrogens is 2. The zero-order valence-electron chi connectivity index (χ0n) is 11.5. The van der Waals surface area contributed by atoms with E-state index in [0.29, 0.717) is 18.5 Å². The highest BCUT2D eigenvalue weighted by molar-refractivity contribution is 5.37. The summed E-state index contributed by atoms with van der Waals surface area (Å²) < 4.78 is 0. The Kier molecular flexibility index (Phi) is 4.53. The molecular formula is C14H24N4. The second kappa shape index (κ2) is 6.14. The first-order valence-corrected chi connectivity index (χ1v) is 6.98. The maximum absolute atomic E-state index is 5.56. The van der Waals surface area contributed by atoms with E-state index in [9.17, 15) is 0 Å². The fourth-order valence-corrected chi connectivity index (χ4v) is 2.64. The minimum absolute atomic E-state index is 0.459. The molecule has 4 nitrogen and oxygen atoms in total. The van der Waals surface area contributed by atoms with Gasteiger partial charge in [0.25, 0.3) is 0 Å². The van der Waals surface area contributed by atoms with Crippen LogP contribution in [0.2, 0.25) is 0 Å². The van der Waals surface area contributed by atoms with E-state index in [4.69, 9.17) is 5.73 Å². The molecule has 1 heterocycles. The quantitative estimate of drug-likeness (QED) is 0.869. The maximum Gasteiger partial charge on any atom is 0.147 e. The Hall–Kier alpha value is -1.16. The van der Waals surface area contributed by atoms with Gasteiger partial charge in [-0.25, -0.2) is 4.98 Å². The van der Waals surface area contributed by atoms with Crippen molar-refractivity contribution in [2.75, 3.05) is 11.4 Å². The van der Waals surface area contributed by atoms with Gasteiger partial charge in [0.15, 0.2) is 0 Å². The van der Waals surface area contributed by atoms with Crippen LogP contribution in [0.1, 0.15) is 45.2 Å². The molecule has 0 saturated heterocycles. The average Bonchev–Trinajstić information content (AvgIpc) is 2.89. The number of nitrogens with two attached hydrogens (primary N) is 1. The summed E-state index contributed by atoms with van der Waals surface area (Å²) in [6.45, 7) is 6.02. The van der Waals surface area contributed by atoms with Crippen LogP contribution < -0.4 is 10.6 Å². The standard InChI is InChI=1S/C14H24N4/c1-11(2)10-18(13-5-3-4-6-13)14-9-16-12(7-15)8-17-14/h8-9,11,13H,3-7,10,15H2,1-2H3. The Bertz CT molecular complexity index is 355. The SMILES string of the molecule is CC(C)CN(c1cnc(CN)cn1)C1CCCC1. The second-order valence-corrected chi connectivity index (χ2v) is 5.55. The summed E-state index contributed by atoms with van der Waals surface area (Å²) in [5.41, 5.74) is 6.42. The van der Waals surface area contributed by atoms with Crippen molar-refractivity contribution < 1.29 is 0 Å². The van der Waals surface area contributed by atoms with Crippen molar-refractivity contribution in [3.05, 3.63) is 18.1 Å². The lowest BCUT2D eigenvalue weighted by atomic mass is 10.1. The first kappa shape index (κ1) is 13.3. The van der Waals surface area contributed by atoms with Crippen molar-refractivity contribution in [1.82, 2.24) is 9.97 Å². The van der Waals surface area contributed by atoms with Gasteiger partial charge in [0.05, 0.1) is 18.1 Å². The van der Waals surface area contributed by atoms with Gasteiger partial charge in [0.1, 0.15) is 5.82 Å². The molecule has 0 amide bonds. The molecule has 2 N–H and O–H groups in total. The van der Waals surface area contributed by atoms with Crippen molar-refractivity contribution in [1.29, 1.82) is 0 Å². The fraction of sp³-hybridized carbons (Fsp3) is 0.714. The van der Waals surface area contributed by atoms with Crippen LogP contribution in [0.5, 0.6) is 0 Å². The Morgan fingerprint density at radius 1 is 1.28 bits per heavy atom. The van der Waals surface area contributed by atoms with Crippen molar-refractivity contribution in [3.63, 3.8) is 0 Å². The van der Waals surface area contributed by atoms with Gasteiger partial charge >= 0.3 is 0 Å². The van der Waals surface area contributed by atoms with Crippen LogP contribution in [-0.2, 0) is 6.54 Å².